The second-order valence-corrected chi connectivity index (χ2v) is 6.60. The summed E-state index contributed by atoms with van der Waals surface area (Å²) in [6.45, 7) is 0. The van der Waals surface area contributed by atoms with Crippen molar-refractivity contribution in [3.05, 3.63) is 43.0 Å². The van der Waals surface area contributed by atoms with Crippen molar-refractivity contribution in [1.29, 1.82) is 0 Å². The summed E-state index contributed by atoms with van der Waals surface area (Å²) in [7, 11) is 0. The first-order valence-corrected chi connectivity index (χ1v) is 8.08. The average molecular weight is 410 g/mol. The molecule has 1 aliphatic rings. The highest BCUT2D eigenvalue weighted by Crippen LogP contribution is 2.38. The van der Waals surface area contributed by atoms with E-state index in [4.69, 9.17) is 8.83 Å². The van der Waals surface area contributed by atoms with Crippen molar-refractivity contribution in [2.75, 3.05) is 0 Å². The molecule has 0 spiro atoms. The van der Waals surface area contributed by atoms with Gasteiger partial charge in [0.15, 0.2) is 5.58 Å². The summed E-state index contributed by atoms with van der Waals surface area (Å²) in [6.07, 6.45) is 3.97. The van der Waals surface area contributed by atoms with Gasteiger partial charge in [-0.1, -0.05) is 0 Å². The van der Waals surface area contributed by atoms with E-state index in [0.29, 0.717) is 11.0 Å². The minimum atomic E-state index is -1.28. The van der Waals surface area contributed by atoms with Crippen LogP contribution in [0.3, 0.4) is 0 Å². The lowest BCUT2D eigenvalue weighted by Gasteiger charge is -2.09. The van der Waals surface area contributed by atoms with E-state index in [-0.39, 0.29) is 5.56 Å². The number of hydrogen-bond donors (Lipinski definition) is 1. The van der Waals surface area contributed by atoms with Crippen molar-refractivity contribution >= 4 is 50.5 Å². The summed E-state index contributed by atoms with van der Waals surface area (Å²) in [4.78, 5) is 23.0. The van der Waals surface area contributed by atoms with Gasteiger partial charge in [-0.15, -0.1) is 0 Å². The van der Waals surface area contributed by atoms with Crippen LogP contribution in [0, 0.1) is 3.57 Å². The molecule has 0 aliphatic heterocycles. The summed E-state index contributed by atoms with van der Waals surface area (Å²) in [6, 6.07) is 3.26. The molecule has 5 nitrogen and oxygen atoms in total. The molecule has 2 heterocycles. The number of rotatable bonds is 1. The smallest absolute Gasteiger partial charge is 0.351 e. The van der Waals surface area contributed by atoms with Crippen LogP contribution >= 0.6 is 22.6 Å². The number of carboxylic acid groups (broad SMARTS) is 1. The van der Waals surface area contributed by atoms with Gasteiger partial charge in [-0.25, -0.2) is 9.59 Å². The van der Waals surface area contributed by atoms with E-state index >= 15 is 0 Å². The van der Waals surface area contributed by atoms with Crippen molar-refractivity contribution in [2.45, 2.75) is 25.7 Å². The Morgan fingerprint density at radius 1 is 1.18 bits per heavy atom. The topological polar surface area (TPSA) is 80.6 Å². The summed E-state index contributed by atoms with van der Waals surface area (Å²) in [5, 5.41) is 10.7. The Labute approximate surface area is 138 Å². The number of aromatic carboxylic acids is 1. The van der Waals surface area contributed by atoms with Gasteiger partial charge in [0.1, 0.15) is 16.9 Å². The van der Waals surface area contributed by atoms with E-state index < -0.39 is 11.6 Å². The van der Waals surface area contributed by atoms with Gasteiger partial charge in [-0.2, -0.15) is 0 Å². The monoisotopic (exact) mass is 410 g/mol. The van der Waals surface area contributed by atoms with Gasteiger partial charge in [0, 0.05) is 22.8 Å². The normalized spacial score (nSPS) is 14.4. The second-order valence-electron chi connectivity index (χ2n) is 5.44. The quantitative estimate of drug-likeness (QED) is 0.489. The van der Waals surface area contributed by atoms with Crippen molar-refractivity contribution in [3.8, 4) is 0 Å². The molecule has 3 aromatic rings. The molecule has 0 saturated heterocycles. The van der Waals surface area contributed by atoms with Crippen LogP contribution in [0.15, 0.2) is 25.8 Å². The Hall–Kier alpha value is -1.83. The number of carboxylic acids is 1. The summed E-state index contributed by atoms with van der Waals surface area (Å²) in [5.41, 5.74) is 1.11. The fraction of sp³-hybridized carbons (Fsp3) is 0.250. The van der Waals surface area contributed by atoms with Gasteiger partial charge in [0.2, 0.25) is 0 Å². The molecule has 1 N–H and O–H groups in total. The maximum atomic E-state index is 11.8. The van der Waals surface area contributed by atoms with Crippen molar-refractivity contribution < 1.29 is 18.7 Å². The van der Waals surface area contributed by atoms with Crippen LogP contribution in [-0.2, 0) is 12.8 Å². The molecule has 0 saturated carbocycles. The van der Waals surface area contributed by atoms with Gasteiger partial charge < -0.3 is 13.9 Å². The third kappa shape index (κ3) is 1.89. The molecule has 0 amide bonds. The van der Waals surface area contributed by atoms with Gasteiger partial charge in [-0.05, 0) is 54.0 Å². The second kappa shape index (κ2) is 4.84. The molecular formula is C16H11IO5. The maximum absolute atomic E-state index is 11.8. The Morgan fingerprint density at radius 3 is 2.73 bits per heavy atom. The minimum absolute atomic E-state index is 0.346. The SMILES string of the molecule is O=C(O)c1cc2c(oc1=O)c(I)cc1oc3c(c12)CCCC3. The molecule has 0 atom stereocenters. The van der Waals surface area contributed by atoms with Gasteiger partial charge >= 0.3 is 11.6 Å². The molecule has 0 unspecified atom stereocenters. The number of aryl methyl sites for hydroxylation is 2. The lowest BCUT2D eigenvalue weighted by molar-refractivity contribution is 0.0692. The highest BCUT2D eigenvalue weighted by atomic mass is 127. The highest BCUT2D eigenvalue weighted by Gasteiger charge is 2.23. The standard InChI is InChI=1S/C16H11IO5/c17-10-6-12-13(7-3-1-2-4-11(7)21-12)8-5-9(15(18)19)16(20)22-14(8)10/h5-6H,1-4H2,(H,18,19). The predicted octanol–water partition coefficient (Wildman–Crippen LogP) is 3.72. The van der Waals surface area contributed by atoms with Crippen LogP contribution in [0.25, 0.3) is 21.9 Å². The minimum Gasteiger partial charge on any atom is -0.477 e. The van der Waals surface area contributed by atoms with E-state index in [1.54, 1.807) is 0 Å². The number of fused-ring (bicyclic) bond motifs is 5. The molecule has 4 rings (SSSR count). The van der Waals surface area contributed by atoms with Crippen LogP contribution in [-0.4, -0.2) is 11.1 Å². The van der Waals surface area contributed by atoms with Gasteiger partial charge in [0.25, 0.3) is 0 Å². The number of benzene rings is 1. The first-order valence-electron chi connectivity index (χ1n) is 7.00. The lowest BCUT2D eigenvalue weighted by atomic mass is 9.94. The molecule has 1 aromatic carbocycles. The summed E-state index contributed by atoms with van der Waals surface area (Å²) >= 11 is 2.07. The first-order chi connectivity index (χ1) is 10.6. The average Bonchev–Trinajstić information content (AvgIpc) is 2.85. The zero-order chi connectivity index (χ0) is 15.4. The van der Waals surface area contributed by atoms with Gasteiger partial charge in [0.05, 0.1) is 3.57 Å². The number of hydrogen-bond acceptors (Lipinski definition) is 4. The van der Waals surface area contributed by atoms with E-state index in [0.717, 1.165) is 51.5 Å². The molecule has 112 valence electrons. The largest absolute Gasteiger partial charge is 0.477 e. The molecule has 0 radical (unpaired) electrons. The Balaban J connectivity index is 2.21. The predicted molar refractivity (Wildman–Crippen MR) is 88.6 cm³/mol. The van der Waals surface area contributed by atoms with Crippen LogP contribution in [0.1, 0.15) is 34.5 Å². The summed E-state index contributed by atoms with van der Waals surface area (Å²) in [5.74, 6) is -0.312. The van der Waals surface area contributed by atoms with Crippen LogP contribution in [0.5, 0.6) is 0 Å². The Bertz CT molecular complexity index is 995. The number of furan rings is 1. The van der Waals surface area contributed by atoms with Crippen molar-refractivity contribution in [2.24, 2.45) is 0 Å². The summed E-state index contributed by atoms with van der Waals surface area (Å²) < 4.78 is 11.9. The van der Waals surface area contributed by atoms with Crippen molar-refractivity contribution in [3.63, 3.8) is 0 Å². The van der Waals surface area contributed by atoms with E-state index in [1.807, 2.05) is 6.07 Å². The van der Waals surface area contributed by atoms with Crippen LogP contribution < -0.4 is 5.63 Å². The highest BCUT2D eigenvalue weighted by molar-refractivity contribution is 14.1. The van der Waals surface area contributed by atoms with Crippen molar-refractivity contribution in [1.82, 2.24) is 0 Å². The molecule has 1 aliphatic carbocycles. The Kier molecular flexibility index (Phi) is 3.04. The fourth-order valence-corrected chi connectivity index (χ4v) is 3.83. The molecule has 0 fully saturated rings. The van der Waals surface area contributed by atoms with Gasteiger partial charge in [-0.3, -0.25) is 0 Å². The van der Waals surface area contributed by atoms with Crippen LogP contribution in [0.4, 0.5) is 0 Å². The molecular weight excluding hydrogens is 399 g/mol. The number of carbonyl (C=O) groups is 1. The Morgan fingerprint density at radius 2 is 1.95 bits per heavy atom. The lowest BCUT2D eigenvalue weighted by Crippen LogP contribution is -2.13. The maximum Gasteiger partial charge on any atom is 0.351 e. The molecule has 0 bridgehead atoms. The third-order valence-electron chi connectivity index (χ3n) is 4.12. The fourth-order valence-electron chi connectivity index (χ4n) is 3.15. The molecule has 6 heteroatoms. The molecule has 2 aromatic heterocycles. The van der Waals surface area contributed by atoms with E-state index in [9.17, 15) is 14.7 Å². The number of halogens is 1. The first kappa shape index (κ1) is 13.8. The third-order valence-corrected chi connectivity index (χ3v) is 4.92. The van der Waals surface area contributed by atoms with E-state index in [1.165, 1.54) is 6.07 Å². The van der Waals surface area contributed by atoms with E-state index in [2.05, 4.69) is 22.6 Å². The zero-order valence-electron chi connectivity index (χ0n) is 11.4. The van der Waals surface area contributed by atoms with Crippen LogP contribution in [0.2, 0.25) is 0 Å². The molecule has 22 heavy (non-hydrogen) atoms. The zero-order valence-corrected chi connectivity index (χ0v) is 13.6.